The third-order valence-electron chi connectivity index (χ3n) is 6.10. The van der Waals surface area contributed by atoms with Gasteiger partial charge in [-0.2, -0.15) is 9.78 Å². The monoisotopic (exact) mass is 546 g/mol. The highest BCUT2D eigenvalue weighted by molar-refractivity contribution is 6.32. The summed E-state index contributed by atoms with van der Waals surface area (Å²) in [5.74, 6) is 1.14. The minimum Gasteiger partial charge on any atom is -0.496 e. The molecule has 3 aromatic carbocycles. The lowest BCUT2D eigenvalue weighted by Crippen LogP contribution is -2.20. The zero-order chi connectivity index (χ0) is 28.3. The number of rotatable bonds is 9. The Labute approximate surface area is 230 Å². The van der Waals surface area contributed by atoms with Gasteiger partial charge in [0.25, 0.3) is 5.56 Å². The molecule has 1 aromatic heterocycles. The minimum absolute atomic E-state index is 0.0317. The van der Waals surface area contributed by atoms with Crippen LogP contribution in [0.15, 0.2) is 71.1 Å². The molecule has 4 aromatic rings. The molecule has 0 fully saturated rings. The van der Waals surface area contributed by atoms with Gasteiger partial charge in [-0.25, -0.2) is 4.98 Å². The van der Waals surface area contributed by atoms with Gasteiger partial charge >= 0.3 is 5.69 Å². The highest BCUT2D eigenvalue weighted by atomic mass is 35.5. The van der Waals surface area contributed by atoms with Crippen molar-refractivity contribution < 1.29 is 14.4 Å². The van der Waals surface area contributed by atoms with Gasteiger partial charge < -0.3 is 9.47 Å². The first kappa shape index (κ1) is 27.5. The number of aryl methyl sites for hydroxylation is 1. The minimum atomic E-state index is -0.592. The van der Waals surface area contributed by atoms with E-state index in [-0.39, 0.29) is 34.5 Å². The number of benzene rings is 3. The zero-order valence-electron chi connectivity index (χ0n) is 22.0. The summed E-state index contributed by atoms with van der Waals surface area (Å²) < 4.78 is 12.2. The lowest BCUT2D eigenvalue weighted by Gasteiger charge is -2.17. The van der Waals surface area contributed by atoms with E-state index >= 15 is 0 Å². The summed E-state index contributed by atoms with van der Waals surface area (Å²) in [4.78, 5) is 29.5. The van der Waals surface area contributed by atoms with Crippen molar-refractivity contribution in [2.45, 2.75) is 26.7 Å². The highest BCUT2D eigenvalue weighted by Gasteiger charge is 2.21. The van der Waals surface area contributed by atoms with Crippen molar-refractivity contribution in [2.75, 3.05) is 13.7 Å². The molecule has 1 heterocycles. The molecule has 4 rings (SSSR count). The predicted octanol–water partition coefficient (Wildman–Crippen LogP) is 6.51. The van der Waals surface area contributed by atoms with E-state index in [1.54, 1.807) is 25.3 Å². The van der Waals surface area contributed by atoms with Crippen LogP contribution in [0.2, 0.25) is 5.02 Å². The molecule has 0 atom stereocenters. The Kier molecular flexibility index (Phi) is 8.11. The number of hydrogen-bond acceptors (Lipinski definition) is 7. The summed E-state index contributed by atoms with van der Waals surface area (Å²) in [6, 6.07) is 13.6. The maximum Gasteiger partial charge on any atom is 0.313 e. The maximum absolute atomic E-state index is 13.6. The van der Waals surface area contributed by atoms with Gasteiger partial charge in [0, 0.05) is 17.2 Å². The SMILES string of the molecule is C=CCOc1c(Cl)cc(C=Nn2c(-c3cc(C(C)C)c(OC)cc3C)nc3ccccc3c2=O)cc1[N+](=O)[O-]. The number of nitro benzene ring substituents is 1. The number of halogens is 1. The Morgan fingerprint density at radius 2 is 1.97 bits per heavy atom. The Morgan fingerprint density at radius 1 is 1.23 bits per heavy atom. The van der Waals surface area contributed by atoms with Crippen molar-refractivity contribution in [3.05, 3.63) is 103 Å². The van der Waals surface area contributed by atoms with Gasteiger partial charge in [0.15, 0.2) is 5.82 Å². The van der Waals surface area contributed by atoms with Crippen LogP contribution in [0, 0.1) is 17.0 Å². The average Bonchev–Trinajstić information content (AvgIpc) is 2.91. The molecule has 0 spiro atoms. The summed E-state index contributed by atoms with van der Waals surface area (Å²) >= 11 is 6.31. The van der Waals surface area contributed by atoms with E-state index in [9.17, 15) is 14.9 Å². The van der Waals surface area contributed by atoms with E-state index in [0.717, 1.165) is 16.9 Å². The summed E-state index contributed by atoms with van der Waals surface area (Å²) in [6.07, 6.45) is 2.79. The van der Waals surface area contributed by atoms with Gasteiger partial charge in [0.05, 0.1) is 34.2 Å². The van der Waals surface area contributed by atoms with Crippen LogP contribution in [0.1, 0.15) is 36.5 Å². The molecular weight excluding hydrogens is 520 g/mol. The van der Waals surface area contributed by atoms with Crippen LogP contribution in [-0.4, -0.2) is 34.5 Å². The number of hydrogen-bond donors (Lipinski definition) is 0. The highest BCUT2D eigenvalue weighted by Crippen LogP contribution is 2.36. The van der Waals surface area contributed by atoms with E-state index in [4.69, 9.17) is 26.1 Å². The third-order valence-corrected chi connectivity index (χ3v) is 6.39. The second-order valence-electron chi connectivity index (χ2n) is 9.09. The number of ether oxygens (including phenoxy) is 2. The molecular formula is C29H27ClN4O5. The smallest absolute Gasteiger partial charge is 0.313 e. The molecule has 0 bridgehead atoms. The number of nitro groups is 1. The Bertz CT molecular complexity index is 1680. The summed E-state index contributed by atoms with van der Waals surface area (Å²) in [5, 5.41) is 16.6. The quantitative estimate of drug-likeness (QED) is 0.102. The lowest BCUT2D eigenvalue weighted by atomic mass is 9.96. The maximum atomic E-state index is 13.6. The van der Waals surface area contributed by atoms with Gasteiger partial charge in [-0.05, 0) is 54.3 Å². The predicted molar refractivity (Wildman–Crippen MR) is 154 cm³/mol. The molecule has 0 aliphatic carbocycles. The van der Waals surface area contributed by atoms with Crippen molar-refractivity contribution >= 4 is 34.4 Å². The van der Waals surface area contributed by atoms with Crippen molar-refractivity contribution in [1.29, 1.82) is 0 Å². The van der Waals surface area contributed by atoms with E-state index in [1.807, 2.05) is 25.1 Å². The molecule has 0 aliphatic heterocycles. The lowest BCUT2D eigenvalue weighted by molar-refractivity contribution is -0.385. The standard InChI is InChI=1S/C29H27ClN4O5/c1-6-11-39-27-23(30)13-19(14-25(27)34(36)37)16-31-33-28(32-24-10-8-7-9-20(24)29(33)35)22-15-21(17(2)3)26(38-5)12-18(22)4/h6-10,12-17H,1,11H2,2-5H3. The van der Waals surface area contributed by atoms with E-state index in [0.29, 0.717) is 27.9 Å². The van der Waals surface area contributed by atoms with Crippen LogP contribution in [0.4, 0.5) is 5.69 Å². The molecule has 0 unspecified atom stereocenters. The largest absolute Gasteiger partial charge is 0.496 e. The molecule has 39 heavy (non-hydrogen) atoms. The van der Waals surface area contributed by atoms with E-state index in [2.05, 4.69) is 25.5 Å². The number of nitrogens with zero attached hydrogens (tertiary/aromatic N) is 4. The van der Waals surface area contributed by atoms with Crippen molar-refractivity contribution in [3.63, 3.8) is 0 Å². The first-order chi connectivity index (χ1) is 18.7. The summed E-state index contributed by atoms with van der Waals surface area (Å²) in [6.45, 7) is 9.61. The molecule has 0 N–H and O–H groups in total. The van der Waals surface area contributed by atoms with Gasteiger partial charge in [0.2, 0.25) is 5.75 Å². The first-order valence-electron chi connectivity index (χ1n) is 12.1. The number of para-hydroxylation sites is 1. The third kappa shape index (κ3) is 5.53. The van der Waals surface area contributed by atoms with Crippen LogP contribution in [0.3, 0.4) is 0 Å². The number of fused-ring (bicyclic) bond motifs is 1. The van der Waals surface area contributed by atoms with Crippen molar-refractivity contribution in [2.24, 2.45) is 5.10 Å². The van der Waals surface area contributed by atoms with Gasteiger partial charge in [-0.3, -0.25) is 14.9 Å². The Hall–Kier alpha value is -4.50. The number of aromatic nitrogens is 2. The second kappa shape index (κ2) is 11.5. The first-order valence-corrected chi connectivity index (χ1v) is 12.5. The number of methoxy groups -OCH3 is 1. The van der Waals surface area contributed by atoms with Crippen LogP contribution in [0.25, 0.3) is 22.3 Å². The second-order valence-corrected chi connectivity index (χ2v) is 9.49. The molecule has 0 amide bonds. The fourth-order valence-electron chi connectivity index (χ4n) is 4.19. The fraction of sp³-hybridized carbons (Fsp3) is 0.207. The average molecular weight is 547 g/mol. The van der Waals surface area contributed by atoms with Crippen LogP contribution >= 0.6 is 11.6 Å². The Balaban J connectivity index is 1.94. The summed E-state index contributed by atoms with van der Waals surface area (Å²) in [5.41, 5.74) is 2.60. The van der Waals surface area contributed by atoms with Crippen molar-refractivity contribution in [3.8, 4) is 22.9 Å². The van der Waals surface area contributed by atoms with Crippen LogP contribution in [0.5, 0.6) is 11.5 Å². The fourth-order valence-corrected chi connectivity index (χ4v) is 4.47. The van der Waals surface area contributed by atoms with Gasteiger partial charge in [0.1, 0.15) is 12.4 Å². The molecule has 0 radical (unpaired) electrons. The summed E-state index contributed by atoms with van der Waals surface area (Å²) in [7, 11) is 1.62. The zero-order valence-corrected chi connectivity index (χ0v) is 22.7. The van der Waals surface area contributed by atoms with E-state index < -0.39 is 4.92 Å². The Morgan fingerprint density at radius 3 is 2.64 bits per heavy atom. The molecule has 10 heteroatoms. The molecule has 200 valence electrons. The van der Waals surface area contributed by atoms with E-state index in [1.165, 1.54) is 29.1 Å². The molecule has 9 nitrogen and oxygen atoms in total. The molecule has 0 saturated heterocycles. The van der Waals surface area contributed by atoms with Crippen LogP contribution < -0.4 is 15.0 Å². The normalized spacial score (nSPS) is 11.3. The molecule has 0 aliphatic rings. The van der Waals surface area contributed by atoms with Gasteiger partial charge in [-0.15, -0.1) is 0 Å². The van der Waals surface area contributed by atoms with Gasteiger partial charge in [-0.1, -0.05) is 50.2 Å². The van der Waals surface area contributed by atoms with Crippen molar-refractivity contribution in [1.82, 2.24) is 9.66 Å². The topological polar surface area (TPSA) is 109 Å². The van der Waals surface area contributed by atoms with Crippen LogP contribution in [-0.2, 0) is 0 Å². The molecule has 0 saturated carbocycles.